The van der Waals surface area contributed by atoms with E-state index in [-0.39, 0.29) is 12.5 Å². The van der Waals surface area contributed by atoms with Crippen molar-refractivity contribution in [1.82, 2.24) is 5.32 Å². The first kappa shape index (κ1) is 52.5. The van der Waals surface area contributed by atoms with Crippen LogP contribution in [0.2, 0.25) is 0 Å². The van der Waals surface area contributed by atoms with Gasteiger partial charge in [0, 0.05) is 0 Å². The molecule has 0 bridgehead atoms. The van der Waals surface area contributed by atoms with Crippen LogP contribution in [0.25, 0.3) is 0 Å². The number of hydrogen-bond donors (Lipinski definition) is 15. The normalized spacial score (nSPS) is 16.4. The van der Waals surface area contributed by atoms with Gasteiger partial charge in [-0.15, -0.1) is 0 Å². The van der Waals surface area contributed by atoms with Crippen LogP contribution in [0, 0.1) is 0 Å². The number of carboxylic acid groups (broad SMARTS) is 6. The number of amides is 1. The highest BCUT2D eigenvalue weighted by Crippen LogP contribution is 2.03. The number of hydrogen-bond acceptors (Lipinski definition) is 15. The average molecular weight is 691 g/mol. The topological polar surface area (TPSA) is 455 Å². The maximum atomic E-state index is 10.1. The third kappa shape index (κ3) is 42.0. The maximum Gasteiger partial charge on any atom is 0.323 e. The second-order valence-corrected chi connectivity index (χ2v) is 9.69. The van der Waals surface area contributed by atoms with Gasteiger partial charge in [0.15, 0.2) is 0 Å². The Morgan fingerprint density at radius 1 is 0.702 bits per heavy atom. The van der Waals surface area contributed by atoms with Crippen LogP contribution >= 0.6 is 0 Å². The van der Waals surface area contributed by atoms with Crippen LogP contribution in [0.5, 0.6) is 0 Å². The van der Waals surface area contributed by atoms with Crippen LogP contribution in [-0.4, -0.2) is 133 Å². The molecule has 1 saturated heterocycles. The van der Waals surface area contributed by atoms with E-state index in [0.717, 1.165) is 32.2 Å². The molecule has 0 saturated carbocycles. The Morgan fingerprint density at radius 2 is 1.11 bits per heavy atom. The molecule has 0 unspecified atom stereocenters. The molecule has 0 radical (unpaired) electrons. The molecule has 47 heavy (non-hydrogen) atoms. The summed E-state index contributed by atoms with van der Waals surface area (Å²) in [5, 5.41) is 59.9. The van der Waals surface area contributed by atoms with E-state index < -0.39 is 78.0 Å². The van der Waals surface area contributed by atoms with Gasteiger partial charge in [-0.05, 0) is 59.5 Å². The lowest BCUT2D eigenvalue weighted by Gasteiger charge is -2.06. The lowest BCUT2D eigenvalue weighted by molar-refractivity contribution is -0.141. The van der Waals surface area contributed by atoms with E-state index in [4.69, 9.17) is 70.1 Å². The third-order valence-electron chi connectivity index (χ3n) is 4.97. The summed E-state index contributed by atoms with van der Waals surface area (Å²) in [6.45, 7) is 5.63. The molecule has 22 N–H and O–H groups in total. The van der Waals surface area contributed by atoms with E-state index in [1.54, 1.807) is 0 Å². The van der Waals surface area contributed by atoms with Crippen LogP contribution in [0.4, 0.5) is 0 Å². The smallest absolute Gasteiger partial charge is 0.323 e. The summed E-state index contributed by atoms with van der Waals surface area (Å²) < 4.78 is 0. The van der Waals surface area contributed by atoms with E-state index >= 15 is 0 Å². The summed E-state index contributed by atoms with van der Waals surface area (Å²) in [5.41, 5.74) is 34.6. The van der Waals surface area contributed by atoms with Crippen molar-refractivity contribution in [2.75, 3.05) is 13.1 Å². The molecular weight excluding hydrogens is 636 g/mol. The molecule has 0 aliphatic carbocycles. The van der Waals surface area contributed by atoms with Crippen molar-refractivity contribution >= 4 is 41.7 Å². The van der Waals surface area contributed by atoms with Crippen LogP contribution < -0.4 is 45.5 Å². The van der Waals surface area contributed by atoms with Crippen molar-refractivity contribution in [3.63, 3.8) is 0 Å². The molecule has 1 rings (SSSR count). The molecule has 0 aromatic heterocycles. The molecule has 278 valence electrons. The largest absolute Gasteiger partial charge is 0.480 e. The molecule has 22 nitrogen and oxygen atoms in total. The van der Waals surface area contributed by atoms with E-state index in [0.29, 0.717) is 13.0 Å². The summed E-state index contributed by atoms with van der Waals surface area (Å²) in [6.07, 6.45) is 2.66. The quantitative estimate of drug-likeness (QED) is 0.0806. The van der Waals surface area contributed by atoms with Gasteiger partial charge >= 0.3 is 35.8 Å². The SMILES string of the molecule is C[C@@H](O)[C@H](N)C(=O)O.C[C@H](N)C(=O)O.C[C@H](N)C(=O)O.NC(=O)C[C@H](N)C(=O)O.NCCCC[C@H](N)C(=O)O.O=C(O)[C@@H]1CCCN1. The second-order valence-electron chi connectivity index (χ2n) is 9.69. The number of nitrogens with one attached hydrogen (secondary N) is 1. The zero-order chi connectivity index (χ0) is 38.4. The molecule has 0 spiro atoms. The van der Waals surface area contributed by atoms with Crippen LogP contribution in [0.3, 0.4) is 0 Å². The minimum atomic E-state index is -1.21. The zero-order valence-corrected chi connectivity index (χ0v) is 26.7. The number of aliphatic carboxylic acids is 6. The van der Waals surface area contributed by atoms with Gasteiger partial charge in [0.1, 0.15) is 36.3 Å². The Hall–Kier alpha value is -4.03. The molecule has 1 amide bonds. The highest BCUT2D eigenvalue weighted by Gasteiger charge is 2.20. The predicted octanol–water partition coefficient (Wildman–Crippen LogP) is -4.76. The van der Waals surface area contributed by atoms with Crippen molar-refractivity contribution in [3.05, 3.63) is 0 Å². The van der Waals surface area contributed by atoms with Crippen molar-refractivity contribution in [2.24, 2.45) is 40.1 Å². The van der Waals surface area contributed by atoms with Crippen molar-refractivity contribution in [1.29, 1.82) is 0 Å². The molecule has 1 fully saturated rings. The Labute approximate surface area is 271 Å². The lowest BCUT2D eigenvalue weighted by atomic mass is 10.1. The van der Waals surface area contributed by atoms with Crippen LogP contribution in [-0.2, 0) is 33.6 Å². The molecule has 22 heteroatoms. The fourth-order valence-corrected chi connectivity index (χ4v) is 2.04. The predicted molar refractivity (Wildman–Crippen MR) is 166 cm³/mol. The van der Waals surface area contributed by atoms with E-state index in [9.17, 15) is 33.6 Å². The molecule has 1 aliphatic rings. The van der Waals surface area contributed by atoms with Gasteiger partial charge in [-0.3, -0.25) is 33.6 Å². The Morgan fingerprint density at radius 3 is 1.26 bits per heavy atom. The third-order valence-corrected chi connectivity index (χ3v) is 4.97. The zero-order valence-electron chi connectivity index (χ0n) is 26.7. The van der Waals surface area contributed by atoms with Gasteiger partial charge in [-0.2, -0.15) is 0 Å². The van der Waals surface area contributed by atoms with E-state index in [2.05, 4.69) is 11.1 Å². The van der Waals surface area contributed by atoms with Crippen molar-refractivity contribution in [3.8, 4) is 0 Å². The monoisotopic (exact) mass is 690 g/mol. The highest BCUT2D eigenvalue weighted by atomic mass is 16.4. The summed E-state index contributed by atoms with van der Waals surface area (Å²) >= 11 is 0. The Balaban J connectivity index is -0.000000152. The number of nitrogens with two attached hydrogens (primary N) is 7. The fraction of sp³-hybridized carbons (Fsp3) is 0.720. The summed E-state index contributed by atoms with van der Waals surface area (Å²) in [5.74, 6) is -6.68. The molecule has 0 aromatic rings. The van der Waals surface area contributed by atoms with Crippen molar-refractivity contribution in [2.45, 2.75) is 102 Å². The molecule has 1 heterocycles. The first-order valence-corrected chi connectivity index (χ1v) is 13.9. The minimum Gasteiger partial charge on any atom is -0.480 e. The number of aliphatic hydroxyl groups is 1. The molecule has 1 aliphatic heterocycles. The van der Waals surface area contributed by atoms with Gasteiger partial charge < -0.3 is 81.2 Å². The summed E-state index contributed by atoms with van der Waals surface area (Å²) in [4.78, 5) is 69.2. The number of carbonyl (C=O) groups excluding carboxylic acids is 1. The molecule has 7 atom stereocenters. The Bertz CT molecular complexity index is 886. The van der Waals surface area contributed by atoms with Crippen LogP contribution in [0.15, 0.2) is 0 Å². The van der Waals surface area contributed by atoms with Crippen LogP contribution in [0.1, 0.15) is 59.3 Å². The van der Waals surface area contributed by atoms with Gasteiger partial charge in [-0.25, -0.2) is 0 Å². The molecule has 0 aromatic carbocycles. The standard InChI is InChI=1S/C6H14N2O2.C5H9NO2.C4H8N2O3.C4H9NO3.2C3H7NO2/c7-4-2-1-3-5(8)6(9)10;7-5(8)4-2-1-3-6-4;5-2(4(8)9)1-3(6)7;1-2(6)3(5)4(7)8;2*1-2(4)3(5)6/h5H,1-4,7-8H2,(H,9,10);4,6H,1-3H2,(H,7,8);2H,1,5H2,(H2,6,7)(H,8,9);2-3,6H,5H2,1H3,(H,7,8);2*2H,4H2,1H3,(H,5,6)/t5-;4-;2-;2-,3+;2*2-/m000100/s1. The lowest BCUT2D eigenvalue weighted by Crippen LogP contribution is -2.39. The molecular formula is C25H54N8O14. The first-order chi connectivity index (χ1) is 21.4. The second kappa shape index (κ2) is 31.9. The first-order valence-electron chi connectivity index (χ1n) is 13.9. The Kier molecular flexibility index (Phi) is 35.7. The summed E-state index contributed by atoms with van der Waals surface area (Å²) in [6, 6.07) is -4.77. The van der Waals surface area contributed by atoms with E-state index in [1.165, 1.54) is 20.8 Å². The highest BCUT2D eigenvalue weighted by molar-refractivity contribution is 5.83. The van der Waals surface area contributed by atoms with Gasteiger partial charge in [0.25, 0.3) is 0 Å². The average Bonchev–Trinajstić information content (AvgIpc) is 3.49. The number of rotatable bonds is 13. The number of carboxylic acids is 6. The number of unbranched alkanes of at least 4 members (excludes halogenated alkanes) is 1. The van der Waals surface area contributed by atoms with Gasteiger partial charge in [0.2, 0.25) is 5.91 Å². The van der Waals surface area contributed by atoms with Gasteiger partial charge in [0.05, 0.1) is 12.5 Å². The van der Waals surface area contributed by atoms with E-state index in [1.807, 2.05) is 0 Å². The number of aliphatic hydroxyl groups excluding tert-OH is 1. The number of carbonyl (C=O) groups is 7. The number of primary amides is 1. The van der Waals surface area contributed by atoms with Gasteiger partial charge in [-0.1, -0.05) is 6.42 Å². The maximum absolute atomic E-state index is 10.1. The summed E-state index contributed by atoms with van der Waals surface area (Å²) in [7, 11) is 0. The fourth-order valence-electron chi connectivity index (χ4n) is 2.04. The minimum absolute atomic E-state index is 0.269. The van der Waals surface area contributed by atoms with Crippen molar-refractivity contribution < 1.29 is 69.3 Å².